The molecule has 3 N–H and O–H groups in total. The van der Waals surface area contributed by atoms with Gasteiger partial charge in [0, 0.05) is 21.6 Å². The Bertz CT molecular complexity index is 739. The van der Waals surface area contributed by atoms with E-state index in [1.807, 2.05) is 11.4 Å². The maximum Gasteiger partial charge on any atom is 0.241 e. The van der Waals surface area contributed by atoms with E-state index < -0.39 is 10.0 Å². The number of aryl methyl sites for hydroxylation is 1. The van der Waals surface area contributed by atoms with Crippen molar-refractivity contribution in [1.82, 2.24) is 4.72 Å². The van der Waals surface area contributed by atoms with E-state index in [1.165, 1.54) is 11.3 Å². The van der Waals surface area contributed by atoms with E-state index in [4.69, 9.17) is 5.73 Å². The smallest absolute Gasteiger partial charge is 0.241 e. The molecule has 0 saturated carbocycles. The quantitative estimate of drug-likeness (QED) is 0.807. The monoisotopic (exact) mass is 374 g/mol. The third-order valence-electron chi connectivity index (χ3n) is 3.03. The van der Waals surface area contributed by atoms with Gasteiger partial charge in [-0.2, -0.15) is 0 Å². The minimum atomic E-state index is -3.58. The van der Waals surface area contributed by atoms with Crippen LogP contribution in [-0.4, -0.2) is 8.42 Å². The molecular weight excluding hydrogens is 360 g/mol. The molecule has 1 aromatic heterocycles. The molecule has 1 heterocycles. The molecule has 1 aromatic carbocycles. The van der Waals surface area contributed by atoms with Gasteiger partial charge in [0.1, 0.15) is 0 Å². The molecule has 0 aliphatic carbocycles. The lowest BCUT2D eigenvalue weighted by atomic mass is 10.1. The van der Waals surface area contributed by atoms with Gasteiger partial charge in [0.05, 0.1) is 4.90 Å². The van der Waals surface area contributed by atoms with Crippen LogP contribution in [0.4, 0.5) is 5.69 Å². The minimum Gasteiger partial charge on any atom is -0.398 e. The number of nitrogens with one attached hydrogen (secondary N) is 1. The summed E-state index contributed by atoms with van der Waals surface area (Å²) in [6, 6.07) is 5.34. The summed E-state index contributed by atoms with van der Waals surface area (Å²) in [7, 11) is -3.58. The summed E-state index contributed by atoms with van der Waals surface area (Å²) >= 11 is 4.88. The number of hydrogen-bond donors (Lipinski definition) is 2. The molecule has 0 atom stereocenters. The van der Waals surface area contributed by atoms with Gasteiger partial charge >= 0.3 is 0 Å². The third kappa shape index (κ3) is 3.06. The Morgan fingerprint density at radius 3 is 2.60 bits per heavy atom. The Morgan fingerprint density at radius 2 is 2.00 bits per heavy atom. The van der Waals surface area contributed by atoms with Crippen LogP contribution in [0.5, 0.6) is 0 Å². The van der Waals surface area contributed by atoms with Crippen LogP contribution in [0.3, 0.4) is 0 Å². The maximum atomic E-state index is 12.5. The first kappa shape index (κ1) is 15.5. The highest BCUT2D eigenvalue weighted by atomic mass is 79.9. The van der Waals surface area contributed by atoms with Crippen molar-refractivity contribution in [1.29, 1.82) is 0 Å². The molecule has 0 amide bonds. The average Bonchev–Trinajstić information content (AvgIpc) is 2.77. The average molecular weight is 375 g/mol. The molecular formula is C13H15BrN2O2S2. The summed E-state index contributed by atoms with van der Waals surface area (Å²) < 4.78 is 28.4. The lowest BCUT2D eigenvalue weighted by Gasteiger charge is -2.13. The Balaban J connectivity index is 2.32. The molecule has 0 fully saturated rings. The highest BCUT2D eigenvalue weighted by molar-refractivity contribution is 9.10. The Morgan fingerprint density at radius 1 is 1.30 bits per heavy atom. The Kier molecular flexibility index (Phi) is 4.53. The molecule has 108 valence electrons. The van der Waals surface area contributed by atoms with Crippen molar-refractivity contribution in [2.24, 2.45) is 0 Å². The van der Waals surface area contributed by atoms with Crippen LogP contribution >= 0.6 is 27.3 Å². The zero-order valence-electron chi connectivity index (χ0n) is 11.1. The summed E-state index contributed by atoms with van der Waals surface area (Å²) in [4.78, 5) is 1.21. The predicted molar refractivity (Wildman–Crippen MR) is 86.4 cm³/mol. The van der Waals surface area contributed by atoms with Gasteiger partial charge < -0.3 is 5.73 Å². The summed E-state index contributed by atoms with van der Waals surface area (Å²) in [6.45, 7) is 3.74. The number of nitrogen functional groups attached to an aromatic ring is 1. The number of nitrogens with two attached hydrogens (primary N) is 1. The molecule has 0 radical (unpaired) electrons. The number of halogens is 1. The highest BCUT2D eigenvalue weighted by Gasteiger charge is 2.21. The molecule has 4 nitrogen and oxygen atoms in total. The fourth-order valence-corrected chi connectivity index (χ4v) is 4.95. The number of rotatable bonds is 4. The number of hydrogen-bond acceptors (Lipinski definition) is 4. The molecule has 7 heteroatoms. The third-order valence-corrected chi connectivity index (χ3v) is 6.64. The van der Waals surface area contributed by atoms with Gasteiger partial charge in [0.25, 0.3) is 0 Å². The van der Waals surface area contributed by atoms with Crippen LogP contribution in [0, 0.1) is 13.8 Å². The molecule has 0 bridgehead atoms. The first-order valence-electron chi connectivity index (χ1n) is 5.90. The fourth-order valence-electron chi connectivity index (χ4n) is 1.94. The molecule has 20 heavy (non-hydrogen) atoms. The summed E-state index contributed by atoms with van der Waals surface area (Å²) in [5, 5.41) is 1.91. The number of sulfonamides is 1. The number of thiophene rings is 1. The molecule has 0 aliphatic rings. The van der Waals surface area contributed by atoms with Gasteiger partial charge in [-0.25, -0.2) is 13.1 Å². The molecule has 0 aliphatic heterocycles. The summed E-state index contributed by atoms with van der Waals surface area (Å²) in [6.07, 6.45) is 0. The second-order valence-corrected chi connectivity index (χ2v) is 8.00. The summed E-state index contributed by atoms with van der Waals surface area (Å²) in [5.41, 5.74) is 7.56. The van der Waals surface area contributed by atoms with Gasteiger partial charge in [0.15, 0.2) is 0 Å². The van der Waals surface area contributed by atoms with Crippen LogP contribution in [-0.2, 0) is 16.6 Å². The molecule has 0 saturated heterocycles. The van der Waals surface area contributed by atoms with Crippen molar-refractivity contribution in [3.8, 4) is 0 Å². The zero-order valence-corrected chi connectivity index (χ0v) is 14.3. The number of anilines is 1. The Labute approximate surface area is 131 Å². The van der Waals surface area contributed by atoms with E-state index in [9.17, 15) is 8.42 Å². The molecule has 2 rings (SSSR count). The first-order valence-corrected chi connectivity index (χ1v) is 9.05. The van der Waals surface area contributed by atoms with Gasteiger partial charge in [-0.3, -0.25) is 0 Å². The van der Waals surface area contributed by atoms with Crippen molar-refractivity contribution < 1.29 is 8.42 Å². The van der Waals surface area contributed by atoms with Crippen molar-refractivity contribution >= 4 is 43.0 Å². The Hall–Kier alpha value is -0.890. The van der Waals surface area contributed by atoms with E-state index in [-0.39, 0.29) is 11.4 Å². The lowest BCUT2D eigenvalue weighted by Crippen LogP contribution is -2.25. The van der Waals surface area contributed by atoms with E-state index in [0.29, 0.717) is 16.8 Å². The predicted octanol–water partition coefficient (Wildman–Crippen LogP) is 3.19. The van der Waals surface area contributed by atoms with E-state index in [0.717, 1.165) is 9.35 Å². The molecule has 2 aromatic rings. The summed E-state index contributed by atoms with van der Waals surface area (Å²) in [5.74, 6) is 0. The second-order valence-electron chi connectivity index (χ2n) is 4.44. The van der Waals surface area contributed by atoms with Crippen molar-refractivity contribution in [3.63, 3.8) is 0 Å². The van der Waals surface area contributed by atoms with E-state index in [2.05, 4.69) is 20.7 Å². The van der Waals surface area contributed by atoms with Crippen LogP contribution < -0.4 is 10.5 Å². The fraction of sp³-hybridized carbons (Fsp3) is 0.231. The maximum absolute atomic E-state index is 12.5. The van der Waals surface area contributed by atoms with E-state index in [1.54, 1.807) is 26.0 Å². The normalized spacial score (nSPS) is 11.8. The van der Waals surface area contributed by atoms with Crippen molar-refractivity contribution in [2.45, 2.75) is 25.3 Å². The van der Waals surface area contributed by atoms with Crippen molar-refractivity contribution in [2.75, 3.05) is 5.73 Å². The van der Waals surface area contributed by atoms with E-state index >= 15 is 0 Å². The topological polar surface area (TPSA) is 72.2 Å². The molecule has 0 unspecified atom stereocenters. The van der Waals surface area contributed by atoms with Gasteiger partial charge in [0.2, 0.25) is 10.0 Å². The minimum absolute atomic E-state index is 0.258. The largest absolute Gasteiger partial charge is 0.398 e. The van der Waals surface area contributed by atoms with Crippen LogP contribution in [0.1, 0.15) is 16.0 Å². The lowest BCUT2D eigenvalue weighted by molar-refractivity contribution is 0.580. The van der Waals surface area contributed by atoms with Crippen LogP contribution in [0.15, 0.2) is 32.9 Å². The molecule has 0 spiro atoms. The van der Waals surface area contributed by atoms with Crippen molar-refractivity contribution in [3.05, 3.63) is 44.1 Å². The first-order chi connectivity index (χ1) is 9.33. The second kappa shape index (κ2) is 5.85. The van der Waals surface area contributed by atoms with Crippen LogP contribution in [0.2, 0.25) is 0 Å². The van der Waals surface area contributed by atoms with Gasteiger partial charge in [-0.1, -0.05) is 6.07 Å². The van der Waals surface area contributed by atoms with Gasteiger partial charge in [-0.05, 0) is 58.4 Å². The van der Waals surface area contributed by atoms with Crippen LogP contribution in [0.25, 0.3) is 0 Å². The highest BCUT2D eigenvalue weighted by Crippen LogP contribution is 2.26. The standard InChI is InChI=1S/C13H15BrN2O2S2/c1-8-3-4-11(15)9(2)13(8)20(17,18)16-7-12-10(14)5-6-19-12/h3-6,16H,7,15H2,1-2H3. The van der Waals surface area contributed by atoms with Gasteiger partial charge in [-0.15, -0.1) is 11.3 Å². The zero-order chi connectivity index (χ0) is 14.9. The SMILES string of the molecule is Cc1ccc(N)c(C)c1S(=O)(=O)NCc1sccc1Br. The number of benzene rings is 1.